The summed E-state index contributed by atoms with van der Waals surface area (Å²) in [6, 6.07) is 10.00. The summed E-state index contributed by atoms with van der Waals surface area (Å²) in [5, 5.41) is 7.42. The molecule has 1 aromatic heterocycles. The Morgan fingerprint density at radius 2 is 2.05 bits per heavy atom. The molecule has 0 saturated carbocycles. The highest BCUT2D eigenvalue weighted by atomic mass is 32.2. The molecule has 1 heterocycles. The molecule has 0 saturated heterocycles. The third-order valence-corrected chi connectivity index (χ3v) is 4.46. The fraction of sp³-hybridized carbons (Fsp3) is 0.0714. The monoisotopic (exact) mass is 302 g/mol. The van der Waals surface area contributed by atoms with Crippen LogP contribution >= 0.6 is 0 Å². The lowest BCUT2D eigenvalue weighted by molar-refractivity contribution is 0.601. The second-order valence-electron chi connectivity index (χ2n) is 4.82. The van der Waals surface area contributed by atoms with Crippen LogP contribution in [-0.2, 0) is 10.0 Å². The second-order valence-corrected chi connectivity index (χ2v) is 6.50. The first kappa shape index (κ1) is 13.4. The molecule has 6 nitrogen and oxygen atoms in total. The molecule has 4 N–H and O–H groups in total. The fourth-order valence-corrected chi connectivity index (χ4v) is 3.41. The standard InChI is InChI=1S/C14H14N4O2S/c1-9-5-10(15)7-11(6-9)21(19,20)18-14-4-2-3-13-12(14)8-16-17-13/h2-8,18H,15H2,1H3,(H,16,17). The Kier molecular flexibility index (Phi) is 3.06. The number of fused-ring (bicyclic) bond motifs is 1. The number of nitrogens with one attached hydrogen (secondary N) is 2. The summed E-state index contributed by atoms with van der Waals surface area (Å²) in [5.74, 6) is 0. The van der Waals surface area contributed by atoms with E-state index in [4.69, 9.17) is 5.73 Å². The van der Waals surface area contributed by atoms with E-state index in [1.165, 1.54) is 6.07 Å². The molecule has 0 amide bonds. The first-order valence-electron chi connectivity index (χ1n) is 6.28. The number of nitrogens with zero attached hydrogens (tertiary/aromatic N) is 1. The third kappa shape index (κ3) is 2.55. The number of nitrogen functional groups attached to an aromatic ring is 1. The van der Waals surface area contributed by atoms with Crippen LogP contribution in [0, 0.1) is 6.92 Å². The van der Waals surface area contributed by atoms with Crippen molar-refractivity contribution in [2.75, 3.05) is 10.5 Å². The lowest BCUT2D eigenvalue weighted by atomic mass is 10.2. The highest BCUT2D eigenvalue weighted by Crippen LogP contribution is 2.25. The Hall–Kier alpha value is -2.54. The van der Waals surface area contributed by atoms with Crippen LogP contribution in [0.5, 0.6) is 0 Å². The quantitative estimate of drug-likeness (QED) is 0.646. The minimum Gasteiger partial charge on any atom is -0.399 e. The summed E-state index contributed by atoms with van der Waals surface area (Å²) in [6.07, 6.45) is 1.58. The van der Waals surface area contributed by atoms with Gasteiger partial charge in [-0.05, 0) is 42.8 Å². The van der Waals surface area contributed by atoms with E-state index in [1.54, 1.807) is 37.4 Å². The number of H-pyrrole nitrogens is 1. The van der Waals surface area contributed by atoms with E-state index in [9.17, 15) is 8.42 Å². The molecule has 0 aliphatic carbocycles. The van der Waals surface area contributed by atoms with Crippen molar-refractivity contribution in [2.24, 2.45) is 0 Å². The Morgan fingerprint density at radius 3 is 2.81 bits per heavy atom. The molecule has 2 aromatic carbocycles. The zero-order valence-electron chi connectivity index (χ0n) is 11.3. The van der Waals surface area contributed by atoms with Crippen molar-refractivity contribution in [2.45, 2.75) is 11.8 Å². The first-order chi connectivity index (χ1) is 9.95. The van der Waals surface area contributed by atoms with Crippen molar-refractivity contribution in [1.82, 2.24) is 10.2 Å². The summed E-state index contributed by atoms with van der Waals surface area (Å²) < 4.78 is 27.5. The number of aromatic nitrogens is 2. The van der Waals surface area contributed by atoms with Crippen LogP contribution in [0.15, 0.2) is 47.5 Å². The summed E-state index contributed by atoms with van der Waals surface area (Å²) in [4.78, 5) is 0.139. The maximum Gasteiger partial charge on any atom is 0.261 e. The minimum absolute atomic E-state index is 0.139. The molecule has 0 radical (unpaired) electrons. The van der Waals surface area contributed by atoms with Crippen molar-refractivity contribution in [3.8, 4) is 0 Å². The molecule has 0 unspecified atom stereocenters. The number of nitrogens with two attached hydrogens (primary N) is 1. The Morgan fingerprint density at radius 1 is 1.24 bits per heavy atom. The molecular formula is C14H14N4O2S. The molecule has 0 bridgehead atoms. The van der Waals surface area contributed by atoms with E-state index < -0.39 is 10.0 Å². The number of anilines is 2. The predicted octanol–water partition coefficient (Wildman–Crippen LogP) is 2.25. The van der Waals surface area contributed by atoms with Gasteiger partial charge in [-0.25, -0.2) is 8.42 Å². The summed E-state index contributed by atoms with van der Waals surface area (Å²) >= 11 is 0. The van der Waals surface area contributed by atoms with E-state index in [0.29, 0.717) is 16.8 Å². The largest absolute Gasteiger partial charge is 0.399 e. The molecule has 3 rings (SSSR count). The van der Waals surface area contributed by atoms with Gasteiger partial charge in [0.15, 0.2) is 0 Å². The van der Waals surface area contributed by atoms with Crippen molar-refractivity contribution in [1.29, 1.82) is 0 Å². The van der Waals surface area contributed by atoms with Crippen molar-refractivity contribution >= 4 is 32.3 Å². The van der Waals surface area contributed by atoms with Crippen LogP contribution in [-0.4, -0.2) is 18.6 Å². The van der Waals surface area contributed by atoms with E-state index in [2.05, 4.69) is 14.9 Å². The lowest BCUT2D eigenvalue weighted by Gasteiger charge is -2.10. The predicted molar refractivity (Wildman–Crippen MR) is 82.5 cm³/mol. The van der Waals surface area contributed by atoms with Gasteiger partial charge in [-0.3, -0.25) is 9.82 Å². The molecule has 3 aromatic rings. The Bertz CT molecular complexity index is 895. The minimum atomic E-state index is -3.70. The zero-order valence-corrected chi connectivity index (χ0v) is 12.1. The number of hydrogen-bond acceptors (Lipinski definition) is 4. The number of aromatic amines is 1. The number of hydrogen-bond donors (Lipinski definition) is 3. The van der Waals surface area contributed by atoms with Gasteiger partial charge in [-0.2, -0.15) is 5.10 Å². The topological polar surface area (TPSA) is 101 Å². The van der Waals surface area contributed by atoms with Crippen LogP contribution in [0.3, 0.4) is 0 Å². The normalized spacial score (nSPS) is 11.7. The Labute approximate surface area is 122 Å². The maximum atomic E-state index is 12.5. The molecule has 21 heavy (non-hydrogen) atoms. The number of sulfonamides is 1. The van der Waals surface area contributed by atoms with Gasteiger partial charge in [0, 0.05) is 11.1 Å². The summed E-state index contributed by atoms with van der Waals surface area (Å²) in [6.45, 7) is 1.80. The van der Waals surface area contributed by atoms with Crippen LogP contribution in [0.25, 0.3) is 10.9 Å². The van der Waals surface area contributed by atoms with Gasteiger partial charge in [0.2, 0.25) is 0 Å². The van der Waals surface area contributed by atoms with E-state index in [-0.39, 0.29) is 4.90 Å². The van der Waals surface area contributed by atoms with Gasteiger partial charge in [0.25, 0.3) is 10.0 Å². The average Bonchev–Trinajstić information content (AvgIpc) is 2.86. The van der Waals surface area contributed by atoms with Crippen molar-refractivity contribution in [3.05, 3.63) is 48.2 Å². The number of aryl methyl sites for hydroxylation is 1. The van der Waals surface area contributed by atoms with Crippen LogP contribution in [0.4, 0.5) is 11.4 Å². The summed E-state index contributed by atoms with van der Waals surface area (Å²) in [7, 11) is -3.70. The van der Waals surface area contributed by atoms with Crippen molar-refractivity contribution < 1.29 is 8.42 Å². The van der Waals surface area contributed by atoms with Gasteiger partial charge in [0.1, 0.15) is 0 Å². The summed E-state index contributed by atoms with van der Waals surface area (Å²) in [5.41, 5.74) is 8.16. The highest BCUT2D eigenvalue weighted by Gasteiger charge is 2.16. The zero-order chi connectivity index (χ0) is 15.0. The third-order valence-electron chi connectivity index (χ3n) is 3.11. The van der Waals surface area contributed by atoms with Gasteiger partial charge in [0.05, 0.1) is 22.3 Å². The van der Waals surface area contributed by atoms with Crippen molar-refractivity contribution in [3.63, 3.8) is 0 Å². The van der Waals surface area contributed by atoms with E-state index in [0.717, 1.165) is 11.1 Å². The lowest BCUT2D eigenvalue weighted by Crippen LogP contribution is -2.13. The number of rotatable bonds is 3. The molecule has 108 valence electrons. The smallest absolute Gasteiger partial charge is 0.261 e. The van der Waals surface area contributed by atoms with Gasteiger partial charge >= 0.3 is 0 Å². The Balaban J connectivity index is 2.05. The van der Waals surface area contributed by atoms with Crippen LogP contribution in [0.1, 0.15) is 5.56 Å². The first-order valence-corrected chi connectivity index (χ1v) is 7.76. The molecule has 7 heteroatoms. The number of benzene rings is 2. The van der Waals surface area contributed by atoms with Gasteiger partial charge < -0.3 is 5.73 Å². The van der Waals surface area contributed by atoms with Gasteiger partial charge in [-0.15, -0.1) is 0 Å². The fourth-order valence-electron chi connectivity index (χ4n) is 2.19. The highest BCUT2D eigenvalue weighted by molar-refractivity contribution is 7.92. The SMILES string of the molecule is Cc1cc(N)cc(S(=O)(=O)Nc2cccc3[nH]ncc23)c1. The van der Waals surface area contributed by atoms with Crippen LogP contribution in [0.2, 0.25) is 0 Å². The molecule has 0 aliphatic heterocycles. The maximum absolute atomic E-state index is 12.5. The van der Waals surface area contributed by atoms with E-state index >= 15 is 0 Å². The molecule has 0 spiro atoms. The van der Waals surface area contributed by atoms with Crippen LogP contribution < -0.4 is 10.5 Å². The van der Waals surface area contributed by atoms with E-state index in [1.807, 2.05) is 6.07 Å². The molecule has 0 aliphatic rings. The van der Waals surface area contributed by atoms with Gasteiger partial charge in [-0.1, -0.05) is 6.07 Å². The molecule has 0 atom stereocenters. The second kappa shape index (κ2) is 4.78. The average molecular weight is 302 g/mol. The molecule has 0 fully saturated rings. The molecular weight excluding hydrogens is 288 g/mol.